The Morgan fingerprint density at radius 1 is 1.38 bits per heavy atom. The number of nitrogens with zero attached hydrogens (tertiary/aromatic N) is 1. The summed E-state index contributed by atoms with van der Waals surface area (Å²) >= 11 is 0. The van der Waals surface area contributed by atoms with Gasteiger partial charge in [0.15, 0.2) is 0 Å². The maximum Gasteiger partial charge on any atom is 0.292 e. The largest absolute Gasteiger partial charge is 0.389 e. The highest BCUT2D eigenvalue weighted by Gasteiger charge is 1.90. The average molecular weight is 175 g/mol. The van der Waals surface area contributed by atoms with Crippen LogP contribution in [0.15, 0.2) is 48.8 Å². The van der Waals surface area contributed by atoms with Crippen molar-refractivity contribution in [3.63, 3.8) is 0 Å². The Morgan fingerprint density at radius 3 is 2.46 bits per heavy atom. The molecule has 0 atom stereocenters. The normalized spacial score (nSPS) is 9.23. The van der Waals surface area contributed by atoms with E-state index in [0.29, 0.717) is 5.76 Å². The summed E-state index contributed by atoms with van der Waals surface area (Å²) in [6.45, 7) is 13.0. The zero-order valence-corrected chi connectivity index (χ0v) is 7.84. The van der Waals surface area contributed by atoms with Gasteiger partial charge in [0.2, 0.25) is 0 Å². The van der Waals surface area contributed by atoms with Crippen LogP contribution in [-0.4, -0.2) is 0 Å². The lowest BCUT2D eigenvalue weighted by atomic mass is 10.1. The molecule has 0 bridgehead atoms. The predicted molar refractivity (Wildman–Crippen MR) is 53.5 cm³/mol. The molecule has 0 heterocycles. The van der Waals surface area contributed by atoms with Gasteiger partial charge in [-0.1, -0.05) is 37.0 Å². The zero-order chi connectivity index (χ0) is 10.3. The summed E-state index contributed by atoms with van der Waals surface area (Å²) in [4.78, 5) is 0. The van der Waals surface area contributed by atoms with Crippen LogP contribution in [0.4, 0.5) is 0 Å². The van der Waals surface area contributed by atoms with Gasteiger partial charge >= 0.3 is 0 Å². The lowest BCUT2D eigenvalue weighted by molar-refractivity contribution is 0.395. The Bertz CT molecular complexity index is 292. The molecule has 0 radical (unpaired) electrons. The van der Waals surface area contributed by atoms with Crippen LogP contribution < -0.4 is 0 Å². The summed E-state index contributed by atoms with van der Waals surface area (Å²) in [5, 5.41) is 8.14. The molecule has 0 rings (SSSR count). The fourth-order valence-corrected chi connectivity index (χ4v) is 0.750. The molecule has 68 valence electrons. The van der Waals surface area contributed by atoms with Crippen molar-refractivity contribution in [1.82, 2.24) is 0 Å². The third kappa shape index (κ3) is 6.64. The van der Waals surface area contributed by atoms with E-state index in [2.05, 4.69) is 24.5 Å². The van der Waals surface area contributed by atoms with E-state index in [-0.39, 0.29) is 0 Å². The molecule has 0 aromatic carbocycles. The molecule has 13 heavy (non-hydrogen) atoms. The van der Waals surface area contributed by atoms with E-state index in [1.54, 1.807) is 12.2 Å². The molecule has 0 aliphatic heterocycles. The van der Waals surface area contributed by atoms with Gasteiger partial charge in [-0.15, -0.1) is 5.26 Å². The topological polar surface area (TPSA) is 33.0 Å². The second-order valence-electron chi connectivity index (χ2n) is 2.79. The fraction of sp³-hybridized carbons (Fsp3) is 0.182. The molecule has 0 aromatic heterocycles. The molecule has 2 heteroatoms. The number of allylic oxidation sites excluding steroid dienone is 4. The monoisotopic (exact) mass is 175 g/mol. The van der Waals surface area contributed by atoms with E-state index in [4.69, 9.17) is 5.26 Å². The standard InChI is InChI=1S/C11H13NO/c1-9(2)7-10(3)5-6-11(4)13-8-12/h5-6H,1,3-4,7H2,2H3/b6-5-. The number of hydrogen-bond acceptors (Lipinski definition) is 2. The number of ether oxygens (including phenoxy) is 1. The molecule has 0 saturated carbocycles. The van der Waals surface area contributed by atoms with Crippen LogP contribution in [0.3, 0.4) is 0 Å². The molecular formula is C11H13NO. The summed E-state index contributed by atoms with van der Waals surface area (Å²) in [6.07, 6.45) is 5.64. The second kappa shape index (κ2) is 5.84. The first-order chi connectivity index (χ1) is 6.06. The second-order valence-corrected chi connectivity index (χ2v) is 2.79. The van der Waals surface area contributed by atoms with Gasteiger partial charge in [-0.3, -0.25) is 0 Å². The number of nitriles is 1. The third-order valence-corrected chi connectivity index (χ3v) is 1.21. The van der Waals surface area contributed by atoms with Crippen LogP contribution in [0.1, 0.15) is 13.3 Å². The van der Waals surface area contributed by atoms with Gasteiger partial charge < -0.3 is 4.74 Å². The summed E-state index contributed by atoms with van der Waals surface area (Å²) in [6, 6.07) is 0. The van der Waals surface area contributed by atoms with Crippen LogP contribution in [-0.2, 0) is 4.74 Å². The molecule has 0 spiro atoms. The molecular weight excluding hydrogens is 162 g/mol. The molecule has 0 fully saturated rings. The first-order valence-electron chi connectivity index (χ1n) is 3.81. The maximum atomic E-state index is 8.14. The third-order valence-electron chi connectivity index (χ3n) is 1.21. The Hall–Kier alpha value is -1.75. The van der Waals surface area contributed by atoms with Crippen molar-refractivity contribution in [3.05, 3.63) is 48.8 Å². The van der Waals surface area contributed by atoms with Crippen molar-refractivity contribution in [2.24, 2.45) is 0 Å². The van der Waals surface area contributed by atoms with E-state index in [0.717, 1.165) is 17.6 Å². The highest BCUT2D eigenvalue weighted by Crippen LogP contribution is 2.08. The minimum Gasteiger partial charge on any atom is -0.389 e. The highest BCUT2D eigenvalue weighted by molar-refractivity contribution is 5.24. The van der Waals surface area contributed by atoms with E-state index in [1.807, 2.05) is 6.92 Å². The Labute approximate surface area is 79.1 Å². The smallest absolute Gasteiger partial charge is 0.292 e. The molecule has 0 aliphatic carbocycles. The Morgan fingerprint density at radius 2 is 2.00 bits per heavy atom. The van der Waals surface area contributed by atoms with Gasteiger partial charge in [0.25, 0.3) is 6.26 Å². The average Bonchev–Trinajstić information content (AvgIpc) is 2.00. The van der Waals surface area contributed by atoms with Crippen molar-refractivity contribution >= 4 is 0 Å². The van der Waals surface area contributed by atoms with Gasteiger partial charge in [0.1, 0.15) is 5.76 Å². The predicted octanol–water partition coefficient (Wildman–Crippen LogP) is 3.08. The SMILES string of the molecule is C=C(C)CC(=C)/C=C\C(=C)OC#N. The quantitative estimate of drug-likeness (QED) is 0.278. The molecule has 0 saturated heterocycles. The van der Waals surface area contributed by atoms with Gasteiger partial charge in [-0.2, -0.15) is 0 Å². The first kappa shape index (κ1) is 11.2. The summed E-state index contributed by atoms with van der Waals surface area (Å²) in [5.41, 5.74) is 1.96. The van der Waals surface area contributed by atoms with Crippen molar-refractivity contribution in [2.45, 2.75) is 13.3 Å². The van der Waals surface area contributed by atoms with E-state index in [1.165, 1.54) is 6.26 Å². The lowest BCUT2D eigenvalue weighted by Gasteiger charge is -1.98. The zero-order valence-electron chi connectivity index (χ0n) is 7.84. The molecule has 0 amide bonds. The Kier molecular flexibility index (Phi) is 5.06. The van der Waals surface area contributed by atoms with Gasteiger partial charge in [-0.05, 0) is 19.4 Å². The molecule has 0 aliphatic rings. The summed E-state index contributed by atoms with van der Waals surface area (Å²) in [7, 11) is 0. The minimum absolute atomic E-state index is 0.311. The van der Waals surface area contributed by atoms with Crippen LogP contribution >= 0.6 is 0 Å². The lowest BCUT2D eigenvalue weighted by Crippen LogP contribution is -1.80. The minimum atomic E-state index is 0.311. The van der Waals surface area contributed by atoms with E-state index < -0.39 is 0 Å². The van der Waals surface area contributed by atoms with Gasteiger partial charge in [0, 0.05) is 0 Å². The molecule has 0 aromatic rings. The first-order valence-corrected chi connectivity index (χ1v) is 3.81. The van der Waals surface area contributed by atoms with Crippen molar-refractivity contribution < 1.29 is 4.74 Å². The van der Waals surface area contributed by atoms with Crippen LogP contribution in [0.25, 0.3) is 0 Å². The molecule has 0 unspecified atom stereocenters. The Balaban J connectivity index is 3.99. The maximum absolute atomic E-state index is 8.14. The number of rotatable bonds is 5. The van der Waals surface area contributed by atoms with E-state index >= 15 is 0 Å². The van der Waals surface area contributed by atoms with E-state index in [9.17, 15) is 0 Å². The van der Waals surface area contributed by atoms with Gasteiger partial charge in [-0.25, -0.2) is 0 Å². The fourth-order valence-electron chi connectivity index (χ4n) is 0.750. The summed E-state index contributed by atoms with van der Waals surface area (Å²) in [5.74, 6) is 0.311. The van der Waals surface area contributed by atoms with Crippen LogP contribution in [0.2, 0.25) is 0 Å². The van der Waals surface area contributed by atoms with Crippen LogP contribution in [0, 0.1) is 11.5 Å². The number of hydrogen-bond donors (Lipinski definition) is 0. The highest BCUT2D eigenvalue weighted by atomic mass is 16.5. The molecule has 2 nitrogen and oxygen atoms in total. The van der Waals surface area contributed by atoms with Crippen molar-refractivity contribution in [1.29, 1.82) is 5.26 Å². The molecule has 0 N–H and O–H groups in total. The summed E-state index contributed by atoms with van der Waals surface area (Å²) < 4.78 is 4.46. The van der Waals surface area contributed by atoms with Gasteiger partial charge in [0.05, 0.1) is 0 Å². The van der Waals surface area contributed by atoms with Crippen molar-refractivity contribution in [3.8, 4) is 6.26 Å². The van der Waals surface area contributed by atoms with Crippen molar-refractivity contribution in [2.75, 3.05) is 0 Å². The van der Waals surface area contributed by atoms with Crippen LogP contribution in [0.5, 0.6) is 0 Å².